The van der Waals surface area contributed by atoms with Gasteiger partial charge < -0.3 is 4.74 Å². The zero-order valence-corrected chi connectivity index (χ0v) is 16.0. The number of nitrogens with zero attached hydrogens (tertiary/aromatic N) is 1. The summed E-state index contributed by atoms with van der Waals surface area (Å²) in [6, 6.07) is 27.6. The van der Waals surface area contributed by atoms with Gasteiger partial charge in [0.05, 0.1) is 12.1 Å². The van der Waals surface area contributed by atoms with Crippen molar-refractivity contribution in [1.82, 2.24) is 4.90 Å². The van der Waals surface area contributed by atoms with Gasteiger partial charge in [-0.3, -0.25) is 4.90 Å². The summed E-state index contributed by atoms with van der Waals surface area (Å²) in [7, 11) is 3.80. The van der Waals surface area contributed by atoms with Gasteiger partial charge in [0.15, 0.2) is 0 Å². The summed E-state index contributed by atoms with van der Waals surface area (Å²) in [6.45, 7) is 0.816. The van der Waals surface area contributed by atoms with Crippen molar-refractivity contribution in [3.63, 3.8) is 0 Å². The molecule has 3 aromatic carbocycles. The highest BCUT2D eigenvalue weighted by molar-refractivity contribution is 6.32. The average Bonchev–Trinajstić information content (AvgIpc) is 2.68. The second kappa shape index (κ2) is 8.88. The number of hydrogen-bond donors (Lipinski definition) is 0. The molecule has 0 amide bonds. The van der Waals surface area contributed by atoms with E-state index in [2.05, 4.69) is 78.7 Å². The normalized spacial score (nSPS) is 12.2. The fraction of sp³-hybridized carbons (Fsp3) is 0.217. The van der Waals surface area contributed by atoms with Crippen LogP contribution in [0.3, 0.4) is 0 Å². The van der Waals surface area contributed by atoms with Crippen molar-refractivity contribution >= 4 is 11.6 Å². The van der Waals surface area contributed by atoms with Crippen LogP contribution in [0, 0.1) is 0 Å². The van der Waals surface area contributed by atoms with Gasteiger partial charge >= 0.3 is 0 Å². The Balaban J connectivity index is 1.82. The predicted molar refractivity (Wildman–Crippen MR) is 109 cm³/mol. The van der Waals surface area contributed by atoms with Gasteiger partial charge in [0, 0.05) is 12.6 Å². The minimum atomic E-state index is 0.291. The minimum absolute atomic E-state index is 0.291. The first-order valence-corrected chi connectivity index (χ1v) is 9.16. The van der Waals surface area contributed by atoms with Crippen molar-refractivity contribution in [3.8, 4) is 5.75 Å². The van der Waals surface area contributed by atoms with Crippen molar-refractivity contribution in [2.45, 2.75) is 19.0 Å². The SMILES string of the molecule is COc1ccc(CN(C)C(Cc2ccccc2)c2ccccc2)cc1Cl. The highest BCUT2D eigenvalue weighted by Gasteiger charge is 2.18. The molecule has 0 N–H and O–H groups in total. The monoisotopic (exact) mass is 365 g/mol. The van der Waals surface area contributed by atoms with Crippen LogP contribution < -0.4 is 4.74 Å². The topological polar surface area (TPSA) is 12.5 Å². The highest BCUT2D eigenvalue weighted by atomic mass is 35.5. The maximum Gasteiger partial charge on any atom is 0.137 e. The van der Waals surface area contributed by atoms with E-state index >= 15 is 0 Å². The Kier molecular flexibility index (Phi) is 6.32. The van der Waals surface area contributed by atoms with E-state index in [1.54, 1.807) is 7.11 Å². The molecule has 0 fully saturated rings. The second-order valence-electron chi connectivity index (χ2n) is 6.50. The molecule has 0 radical (unpaired) electrons. The number of benzene rings is 3. The summed E-state index contributed by atoms with van der Waals surface area (Å²) in [5.41, 5.74) is 3.83. The van der Waals surface area contributed by atoms with Gasteiger partial charge in [0.2, 0.25) is 0 Å². The number of hydrogen-bond acceptors (Lipinski definition) is 2. The van der Waals surface area contributed by atoms with Crippen LogP contribution in [-0.4, -0.2) is 19.1 Å². The van der Waals surface area contributed by atoms with E-state index in [1.165, 1.54) is 16.7 Å². The molecule has 2 nitrogen and oxygen atoms in total. The van der Waals surface area contributed by atoms with Gasteiger partial charge in [-0.15, -0.1) is 0 Å². The summed E-state index contributed by atoms with van der Waals surface area (Å²) >= 11 is 6.30. The van der Waals surface area contributed by atoms with E-state index in [0.29, 0.717) is 16.8 Å². The minimum Gasteiger partial charge on any atom is -0.495 e. The molecule has 0 aliphatic rings. The molecule has 0 spiro atoms. The molecule has 0 aromatic heterocycles. The van der Waals surface area contributed by atoms with E-state index < -0.39 is 0 Å². The third-order valence-electron chi connectivity index (χ3n) is 4.64. The zero-order chi connectivity index (χ0) is 18.4. The van der Waals surface area contributed by atoms with Gasteiger partial charge in [-0.25, -0.2) is 0 Å². The highest BCUT2D eigenvalue weighted by Crippen LogP contribution is 2.29. The van der Waals surface area contributed by atoms with Crippen LogP contribution in [0.1, 0.15) is 22.7 Å². The second-order valence-corrected chi connectivity index (χ2v) is 6.91. The fourth-order valence-corrected chi connectivity index (χ4v) is 3.53. The Morgan fingerprint density at radius 3 is 2.15 bits per heavy atom. The van der Waals surface area contributed by atoms with E-state index in [4.69, 9.17) is 16.3 Å². The van der Waals surface area contributed by atoms with Gasteiger partial charge in [-0.05, 0) is 42.3 Å². The summed E-state index contributed by atoms with van der Waals surface area (Å²) in [6.07, 6.45) is 0.964. The lowest BCUT2D eigenvalue weighted by Crippen LogP contribution is -2.26. The molecule has 0 heterocycles. The smallest absolute Gasteiger partial charge is 0.137 e. The Bertz CT molecular complexity index is 820. The van der Waals surface area contributed by atoms with Crippen LogP contribution in [-0.2, 0) is 13.0 Å². The average molecular weight is 366 g/mol. The van der Waals surface area contributed by atoms with Crippen molar-refractivity contribution in [1.29, 1.82) is 0 Å². The van der Waals surface area contributed by atoms with Crippen LogP contribution in [0.15, 0.2) is 78.9 Å². The summed E-state index contributed by atoms with van der Waals surface area (Å²) in [5.74, 6) is 0.710. The van der Waals surface area contributed by atoms with E-state index in [9.17, 15) is 0 Å². The lowest BCUT2D eigenvalue weighted by Gasteiger charge is -2.29. The molecule has 0 bridgehead atoms. The molecule has 134 valence electrons. The van der Waals surface area contributed by atoms with Crippen molar-refractivity contribution in [3.05, 3.63) is 101 Å². The molecule has 3 aromatic rings. The Labute approximate surface area is 161 Å². The van der Waals surface area contributed by atoms with Crippen LogP contribution in [0.2, 0.25) is 5.02 Å². The molecule has 0 saturated heterocycles. The van der Waals surface area contributed by atoms with Gasteiger partial charge in [0.1, 0.15) is 5.75 Å². The molecule has 0 aliphatic heterocycles. The van der Waals surface area contributed by atoms with E-state index in [1.807, 2.05) is 12.1 Å². The Morgan fingerprint density at radius 1 is 0.885 bits per heavy atom. The maximum absolute atomic E-state index is 6.30. The van der Waals surface area contributed by atoms with Gasteiger partial charge in [-0.1, -0.05) is 78.3 Å². The predicted octanol–water partition coefficient (Wildman–Crippen LogP) is 5.76. The van der Waals surface area contributed by atoms with Gasteiger partial charge in [0.25, 0.3) is 0 Å². The summed E-state index contributed by atoms with van der Waals surface area (Å²) in [5, 5.41) is 0.651. The molecule has 1 unspecified atom stereocenters. The number of halogens is 1. The number of likely N-dealkylation sites (N-methyl/N-ethyl adjacent to an activating group) is 1. The molecule has 3 heteroatoms. The first-order valence-electron chi connectivity index (χ1n) is 8.79. The lowest BCUT2D eigenvalue weighted by molar-refractivity contribution is 0.234. The third-order valence-corrected chi connectivity index (χ3v) is 4.93. The molecular weight excluding hydrogens is 342 g/mol. The number of ether oxygens (including phenoxy) is 1. The van der Waals surface area contributed by atoms with Crippen LogP contribution in [0.5, 0.6) is 5.75 Å². The molecule has 0 aliphatic carbocycles. The number of methoxy groups -OCH3 is 1. The largest absolute Gasteiger partial charge is 0.495 e. The summed E-state index contributed by atoms with van der Waals surface area (Å²) < 4.78 is 5.26. The van der Waals surface area contributed by atoms with Crippen LogP contribution in [0.4, 0.5) is 0 Å². The summed E-state index contributed by atoms with van der Waals surface area (Å²) in [4.78, 5) is 2.38. The molecule has 26 heavy (non-hydrogen) atoms. The third kappa shape index (κ3) is 4.66. The van der Waals surface area contributed by atoms with Crippen molar-refractivity contribution < 1.29 is 4.74 Å². The Hall–Kier alpha value is -2.29. The Morgan fingerprint density at radius 2 is 1.54 bits per heavy atom. The van der Waals surface area contributed by atoms with E-state index in [-0.39, 0.29) is 0 Å². The van der Waals surface area contributed by atoms with Crippen molar-refractivity contribution in [2.24, 2.45) is 0 Å². The maximum atomic E-state index is 6.30. The fourth-order valence-electron chi connectivity index (χ4n) is 3.25. The van der Waals surface area contributed by atoms with Crippen molar-refractivity contribution in [2.75, 3.05) is 14.2 Å². The number of rotatable bonds is 7. The van der Waals surface area contributed by atoms with Gasteiger partial charge in [-0.2, -0.15) is 0 Å². The van der Waals surface area contributed by atoms with E-state index in [0.717, 1.165) is 13.0 Å². The van der Waals surface area contributed by atoms with Crippen LogP contribution >= 0.6 is 11.6 Å². The molecule has 1 atom stereocenters. The zero-order valence-electron chi connectivity index (χ0n) is 15.2. The lowest BCUT2D eigenvalue weighted by atomic mass is 9.97. The molecule has 3 rings (SSSR count). The first-order chi connectivity index (χ1) is 12.7. The standard InChI is InChI=1S/C23H24ClNO/c1-25(17-19-13-14-23(26-2)21(24)15-19)22(20-11-7-4-8-12-20)16-18-9-5-3-6-10-18/h3-15,22H,16-17H2,1-2H3. The molecular formula is C23H24ClNO. The van der Waals surface area contributed by atoms with Crippen LogP contribution in [0.25, 0.3) is 0 Å². The first kappa shape index (κ1) is 18.5. The quantitative estimate of drug-likeness (QED) is 0.527. The molecule has 0 saturated carbocycles.